The summed E-state index contributed by atoms with van der Waals surface area (Å²) in [6, 6.07) is 12.6. The zero-order chi connectivity index (χ0) is 23.3. The number of likely N-dealkylation sites (tertiary alicyclic amines) is 1. The lowest BCUT2D eigenvalue weighted by Gasteiger charge is -2.37. The number of nitrogens with one attached hydrogen (secondary N) is 1. The lowest BCUT2D eigenvalue weighted by Crippen LogP contribution is -2.51. The van der Waals surface area contributed by atoms with Crippen LogP contribution in [0.2, 0.25) is 0 Å². The van der Waals surface area contributed by atoms with Crippen molar-refractivity contribution in [2.45, 2.75) is 12.6 Å². The van der Waals surface area contributed by atoms with Crippen LogP contribution in [0.3, 0.4) is 0 Å². The summed E-state index contributed by atoms with van der Waals surface area (Å²) in [5.74, 6) is 1.26. The number of amides is 2. The number of nitrogens with zero attached hydrogens (tertiary/aromatic N) is 4. The van der Waals surface area contributed by atoms with Crippen LogP contribution < -0.4 is 10.1 Å². The Bertz CT molecular complexity index is 1110. The predicted molar refractivity (Wildman–Crippen MR) is 115 cm³/mol. The number of ether oxygens (including phenoxy) is 1. The maximum Gasteiger partial charge on any atom is 0.417 e. The fourth-order valence-electron chi connectivity index (χ4n) is 3.22. The smallest absolute Gasteiger partial charge is 0.417 e. The minimum Gasteiger partial charge on any atom is -0.439 e. The number of hydrogen-bond acceptors (Lipinski definition) is 5. The highest BCUT2D eigenvalue weighted by Gasteiger charge is 2.31. The molecule has 4 rings (SSSR count). The molecule has 1 aliphatic rings. The number of carbonyl (C=O) groups is 1. The van der Waals surface area contributed by atoms with Crippen molar-refractivity contribution >= 4 is 11.8 Å². The maximum atomic E-state index is 12.6. The van der Waals surface area contributed by atoms with Crippen LogP contribution in [0.1, 0.15) is 11.1 Å². The van der Waals surface area contributed by atoms with E-state index < -0.39 is 11.7 Å². The van der Waals surface area contributed by atoms with Gasteiger partial charge in [-0.1, -0.05) is 24.3 Å². The van der Waals surface area contributed by atoms with E-state index in [1.165, 1.54) is 12.3 Å². The Balaban J connectivity index is 1.24. The Morgan fingerprint density at radius 1 is 1.18 bits per heavy atom. The van der Waals surface area contributed by atoms with Crippen molar-refractivity contribution in [1.82, 2.24) is 20.1 Å². The molecule has 1 fully saturated rings. The number of rotatable bonds is 6. The molecule has 0 saturated carbocycles. The van der Waals surface area contributed by atoms with Crippen LogP contribution in [0.4, 0.5) is 23.8 Å². The minimum atomic E-state index is -4.43. The summed E-state index contributed by atoms with van der Waals surface area (Å²) in [6.07, 6.45) is 2.59. The van der Waals surface area contributed by atoms with E-state index in [0.717, 1.165) is 17.8 Å². The third-order valence-electron chi connectivity index (χ3n) is 4.95. The van der Waals surface area contributed by atoms with E-state index in [0.29, 0.717) is 31.1 Å². The van der Waals surface area contributed by atoms with Gasteiger partial charge in [-0.25, -0.2) is 9.78 Å². The number of carbonyl (C=O) groups excluding carboxylic acids is 1. The molecule has 1 N–H and O–H groups in total. The van der Waals surface area contributed by atoms with Gasteiger partial charge in [0.05, 0.1) is 5.56 Å². The number of aromatic nitrogens is 3. The summed E-state index contributed by atoms with van der Waals surface area (Å²) in [5.41, 5.74) is 0.154. The van der Waals surface area contributed by atoms with E-state index >= 15 is 0 Å². The van der Waals surface area contributed by atoms with Crippen molar-refractivity contribution in [2.75, 3.05) is 18.4 Å². The number of halogens is 3. The molecule has 0 aliphatic carbocycles. The predicted octanol–water partition coefficient (Wildman–Crippen LogP) is 4.95. The molecule has 0 atom stereocenters. The molecule has 1 saturated heterocycles. The van der Waals surface area contributed by atoms with Gasteiger partial charge < -0.3 is 9.64 Å². The Morgan fingerprint density at radius 2 is 2.03 bits per heavy atom. The first-order valence-electron chi connectivity index (χ1n) is 10.2. The Kier molecular flexibility index (Phi) is 6.53. The average Bonchev–Trinajstić information content (AvgIpc) is 2.76. The fourth-order valence-corrected chi connectivity index (χ4v) is 3.22. The summed E-state index contributed by atoms with van der Waals surface area (Å²) in [6.45, 7) is 1.23. The molecular formula is C23H20F3N5O2. The number of benzene rings is 1. The van der Waals surface area contributed by atoms with E-state index in [2.05, 4.69) is 26.6 Å². The fraction of sp³-hybridized carbons (Fsp3) is 0.217. The molecule has 2 amide bonds. The van der Waals surface area contributed by atoms with Crippen LogP contribution >= 0.6 is 0 Å². The van der Waals surface area contributed by atoms with Gasteiger partial charge in [0.15, 0.2) is 5.82 Å². The van der Waals surface area contributed by atoms with E-state index in [-0.39, 0.29) is 17.8 Å². The van der Waals surface area contributed by atoms with Gasteiger partial charge in [-0.3, -0.25) is 5.32 Å². The molecule has 0 bridgehead atoms. The van der Waals surface area contributed by atoms with Crippen LogP contribution in [0.25, 0.3) is 0 Å². The van der Waals surface area contributed by atoms with Gasteiger partial charge in [-0.05, 0) is 42.3 Å². The molecule has 0 spiro atoms. The molecule has 2 aromatic heterocycles. The van der Waals surface area contributed by atoms with E-state index in [4.69, 9.17) is 4.74 Å². The van der Waals surface area contributed by atoms with E-state index in [9.17, 15) is 18.0 Å². The lowest BCUT2D eigenvalue weighted by atomic mass is 9.99. The molecule has 0 radical (unpaired) electrons. The molecule has 1 aromatic carbocycles. The second kappa shape index (κ2) is 9.68. The number of pyridine rings is 1. The van der Waals surface area contributed by atoms with Gasteiger partial charge in [-0.2, -0.15) is 18.3 Å². The highest BCUT2D eigenvalue weighted by Crippen LogP contribution is 2.30. The lowest BCUT2D eigenvalue weighted by molar-refractivity contribution is -0.137. The van der Waals surface area contributed by atoms with Gasteiger partial charge in [0, 0.05) is 37.5 Å². The SMILES string of the molecule is O=C(Nc1cccnn1)N1CC(C=CCc2cccc(Oc3ccc(C(F)(F)F)cn3)c2)C1. The molecule has 1 aliphatic heterocycles. The summed E-state index contributed by atoms with van der Waals surface area (Å²) in [4.78, 5) is 17.5. The van der Waals surface area contributed by atoms with Crippen LogP contribution in [0.5, 0.6) is 11.6 Å². The number of allylic oxidation sites excluding steroid dienone is 1. The van der Waals surface area contributed by atoms with E-state index in [1.54, 1.807) is 23.1 Å². The largest absolute Gasteiger partial charge is 0.439 e. The second-order valence-corrected chi connectivity index (χ2v) is 7.47. The van der Waals surface area contributed by atoms with E-state index in [1.807, 2.05) is 24.3 Å². The number of urea groups is 1. The first-order chi connectivity index (χ1) is 15.9. The molecule has 170 valence electrons. The second-order valence-electron chi connectivity index (χ2n) is 7.47. The monoisotopic (exact) mass is 455 g/mol. The summed E-state index contributed by atoms with van der Waals surface area (Å²) in [7, 11) is 0. The topological polar surface area (TPSA) is 80.2 Å². The minimum absolute atomic E-state index is 0.0880. The molecule has 7 nitrogen and oxygen atoms in total. The third-order valence-corrected chi connectivity index (χ3v) is 4.95. The van der Waals surface area contributed by atoms with Gasteiger partial charge in [0.25, 0.3) is 0 Å². The van der Waals surface area contributed by atoms with Crippen molar-refractivity contribution in [1.29, 1.82) is 0 Å². The molecule has 0 unspecified atom stereocenters. The zero-order valence-corrected chi connectivity index (χ0v) is 17.4. The zero-order valence-electron chi connectivity index (χ0n) is 17.4. The number of anilines is 1. The van der Waals surface area contributed by atoms with Crippen molar-refractivity contribution in [3.63, 3.8) is 0 Å². The molecular weight excluding hydrogens is 435 g/mol. The van der Waals surface area contributed by atoms with Crippen LogP contribution in [0.15, 0.2) is 73.1 Å². The van der Waals surface area contributed by atoms with Crippen molar-refractivity contribution in [2.24, 2.45) is 5.92 Å². The van der Waals surface area contributed by atoms with Gasteiger partial charge in [-0.15, -0.1) is 5.10 Å². The Labute approximate surface area is 187 Å². The summed E-state index contributed by atoms with van der Waals surface area (Å²) in [5, 5.41) is 10.2. The van der Waals surface area contributed by atoms with Crippen LogP contribution in [-0.4, -0.2) is 39.2 Å². The Morgan fingerprint density at radius 3 is 2.73 bits per heavy atom. The molecule has 10 heteroatoms. The quantitative estimate of drug-likeness (QED) is 0.533. The average molecular weight is 455 g/mol. The highest BCUT2D eigenvalue weighted by molar-refractivity contribution is 5.88. The van der Waals surface area contributed by atoms with Crippen LogP contribution in [-0.2, 0) is 12.6 Å². The van der Waals surface area contributed by atoms with Gasteiger partial charge in [0.1, 0.15) is 5.75 Å². The van der Waals surface area contributed by atoms with Crippen molar-refractivity contribution < 1.29 is 22.7 Å². The maximum absolute atomic E-state index is 12.6. The summed E-state index contributed by atoms with van der Waals surface area (Å²) < 4.78 is 43.5. The molecule has 33 heavy (non-hydrogen) atoms. The van der Waals surface area contributed by atoms with Crippen molar-refractivity contribution in [3.05, 3.63) is 84.2 Å². The molecule has 3 aromatic rings. The Hall–Kier alpha value is -3.95. The highest BCUT2D eigenvalue weighted by atomic mass is 19.4. The van der Waals surface area contributed by atoms with Crippen LogP contribution in [0, 0.1) is 5.92 Å². The summed E-state index contributed by atoms with van der Waals surface area (Å²) >= 11 is 0. The normalized spacial score (nSPS) is 14.2. The third kappa shape index (κ3) is 6.06. The number of alkyl halides is 3. The first-order valence-corrected chi connectivity index (χ1v) is 10.2. The number of hydrogen-bond donors (Lipinski definition) is 1. The van der Waals surface area contributed by atoms with Gasteiger partial charge >= 0.3 is 12.2 Å². The van der Waals surface area contributed by atoms with Gasteiger partial charge in [0.2, 0.25) is 5.88 Å². The van der Waals surface area contributed by atoms with Crippen molar-refractivity contribution in [3.8, 4) is 11.6 Å². The standard InChI is InChI=1S/C23H20F3N5O2/c24-23(25,26)18-9-10-21(27-13-18)33-19-7-2-5-16(12-19)4-1-6-17-14-31(15-17)22(32)29-20-8-3-11-28-30-20/h1-3,5-13,17H,4,14-15H2,(H,29,30,32). The first kappa shape index (κ1) is 22.3. The molecule has 3 heterocycles.